The molecular weight excluding hydrogens is 403 g/mol. The van der Waals surface area contributed by atoms with Crippen LogP contribution in [0.1, 0.15) is 6.42 Å². The van der Waals surface area contributed by atoms with Crippen LogP contribution in [0.3, 0.4) is 0 Å². The van der Waals surface area contributed by atoms with Crippen LogP contribution in [-0.4, -0.2) is 28.6 Å². The van der Waals surface area contributed by atoms with E-state index < -0.39 is 11.7 Å². The Hall–Kier alpha value is -2.74. The van der Waals surface area contributed by atoms with Gasteiger partial charge in [0.2, 0.25) is 11.8 Å². The third-order valence-electron chi connectivity index (χ3n) is 4.38. The fourth-order valence-corrected chi connectivity index (χ4v) is 3.34. The van der Waals surface area contributed by atoms with Crippen LogP contribution >= 0.6 is 15.9 Å². The monoisotopic (exact) mass is 416 g/mol. The van der Waals surface area contributed by atoms with Gasteiger partial charge in [0.15, 0.2) is 5.82 Å². The Labute approximate surface area is 156 Å². The molecule has 3 aromatic rings. The predicted molar refractivity (Wildman–Crippen MR) is 99.3 cm³/mol. The second-order valence-electron chi connectivity index (χ2n) is 6.11. The molecule has 0 aliphatic carbocycles. The zero-order valence-electron chi connectivity index (χ0n) is 13.5. The average molecular weight is 417 g/mol. The first kappa shape index (κ1) is 16.7. The van der Waals surface area contributed by atoms with E-state index in [-0.39, 0.29) is 36.0 Å². The molecule has 26 heavy (non-hydrogen) atoms. The summed E-state index contributed by atoms with van der Waals surface area (Å²) in [5.41, 5.74) is 1.16. The molecule has 0 radical (unpaired) electrons. The van der Waals surface area contributed by atoms with Crippen molar-refractivity contribution in [3.05, 3.63) is 52.8 Å². The van der Waals surface area contributed by atoms with Gasteiger partial charge < -0.3 is 5.32 Å². The molecule has 0 saturated carbocycles. The van der Waals surface area contributed by atoms with Crippen molar-refractivity contribution < 1.29 is 14.0 Å². The molecule has 1 unspecified atom stereocenters. The number of carbonyl (C=O) groups is 2. The van der Waals surface area contributed by atoms with Gasteiger partial charge in [-0.25, -0.2) is 4.39 Å². The van der Waals surface area contributed by atoms with E-state index in [1.807, 2.05) is 12.1 Å². The Balaban J connectivity index is 1.54. The summed E-state index contributed by atoms with van der Waals surface area (Å²) in [6, 6.07) is 11.8. The van der Waals surface area contributed by atoms with Gasteiger partial charge in [-0.1, -0.05) is 22.0 Å². The largest absolute Gasteiger partial charge is 0.326 e. The second-order valence-corrected chi connectivity index (χ2v) is 7.03. The van der Waals surface area contributed by atoms with Gasteiger partial charge in [0.1, 0.15) is 5.82 Å². The Morgan fingerprint density at radius 2 is 2.04 bits per heavy atom. The van der Waals surface area contributed by atoms with E-state index in [9.17, 15) is 14.0 Å². The van der Waals surface area contributed by atoms with Crippen LogP contribution in [0.15, 0.2) is 46.9 Å². The molecule has 2 amide bonds. The highest BCUT2D eigenvalue weighted by molar-refractivity contribution is 9.10. The molecule has 132 valence electrons. The van der Waals surface area contributed by atoms with Crippen molar-refractivity contribution in [3.8, 4) is 0 Å². The van der Waals surface area contributed by atoms with E-state index in [1.165, 1.54) is 11.0 Å². The number of hydrogen-bond donors (Lipinski definition) is 2. The smallest absolute Gasteiger partial charge is 0.229 e. The van der Waals surface area contributed by atoms with Gasteiger partial charge in [-0.15, -0.1) is 0 Å². The van der Waals surface area contributed by atoms with Crippen molar-refractivity contribution in [1.29, 1.82) is 0 Å². The summed E-state index contributed by atoms with van der Waals surface area (Å²) in [7, 11) is 0. The van der Waals surface area contributed by atoms with Crippen molar-refractivity contribution in [1.82, 2.24) is 10.2 Å². The molecule has 1 fully saturated rings. The lowest BCUT2D eigenvalue weighted by Crippen LogP contribution is -2.28. The van der Waals surface area contributed by atoms with Gasteiger partial charge in [0, 0.05) is 23.1 Å². The van der Waals surface area contributed by atoms with E-state index in [1.54, 1.807) is 24.3 Å². The standard InChI is InChI=1S/C18H14BrFN4O2/c19-11-4-6-12(7-5-11)21-18(26)10-8-15(25)24(9-10)17-16-13(20)2-1-3-14(16)22-23-17/h1-7,10H,8-9H2,(H,21,26)(H,22,23). The maximum atomic E-state index is 14.2. The van der Waals surface area contributed by atoms with Gasteiger partial charge in [0.05, 0.1) is 16.8 Å². The van der Waals surface area contributed by atoms with Gasteiger partial charge in [-0.2, -0.15) is 5.10 Å². The number of halogens is 2. The number of H-pyrrole nitrogens is 1. The summed E-state index contributed by atoms with van der Waals surface area (Å²) in [6.07, 6.45) is 0.0607. The van der Waals surface area contributed by atoms with Gasteiger partial charge in [-0.05, 0) is 36.4 Å². The third-order valence-corrected chi connectivity index (χ3v) is 4.91. The molecule has 1 saturated heterocycles. The summed E-state index contributed by atoms with van der Waals surface area (Å²) in [5, 5.41) is 9.87. The number of aromatic amines is 1. The average Bonchev–Trinajstić information content (AvgIpc) is 3.21. The zero-order valence-corrected chi connectivity index (χ0v) is 15.1. The molecule has 2 heterocycles. The summed E-state index contributed by atoms with van der Waals surface area (Å²) in [6.45, 7) is 0.162. The van der Waals surface area contributed by atoms with Crippen molar-refractivity contribution in [2.24, 2.45) is 5.92 Å². The highest BCUT2D eigenvalue weighted by atomic mass is 79.9. The lowest BCUT2D eigenvalue weighted by atomic mass is 10.1. The van der Waals surface area contributed by atoms with E-state index >= 15 is 0 Å². The topological polar surface area (TPSA) is 78.1 Å². The fourth-order valence-electron chi connectivity index (χ4n) is 3.07. The number of fused-ring (bicyclic) bond motifs is 1. The maximum absolute atomic E-state index is 14.2. The number of amides is 2. The molecule has 1 atom stereocenters. The molecule has 2 aromatic carbocycles. The van der Waals surface area contributed by atoms with Crippen LogP contribution in [-0.2, 0) is 9.59 Å². The minimum atomic E-state index is -0.523. The van der Waals surface area contributed by atoms with Crippen LogP contribution in [0.4, 0.5) is 15.9 Å². The minimum absolute atomic E-state index is 0.0607. The van der Waals surface area contributed by atoms with Crippen LogP contribution in [0, 0.1) is 11.7 Å². The van der Waals surface area contributed by atoms with Gasteiger partial charge >= 0.3 is 0 Å². The summed E-state index contributed by atoms with van der Waals surface area (Å²) in [4.78, 5) is 26.3. The van der Waals surface area contributed by atoms with E-state index in [2.05, 4.69) is 31.4 Å². The van der Waals surface area contributed by atoms with Crippen LogP contribution in [0.25, 0.3) is 10.9 Å². The van der Waals surface area contributed by atoms with Crippen molar-refractivity contribution in [3.63, 3.8) is 0 Å². The lowest BCUT2D eigenvalue weighted by molar-refractivity contribution is -0.122. The molecule has 2 N–H and O–H groups in total. The third kappa shape index (κ3) is 2.96. The van der Waals surface area contributed by atoms with Crippen molar-refractivity contribution >= 4 is 50.2 Å². The molecular formula is C18H14BrFN4O2. The van der Waals surface area contributed by atoms with Gasteiger partial charge in [0.25, 0.3) is 0 Å². The minimum Gasteiger partial charge on any atom is -0.326 e. The molecule has 6 nitrogen and oxygen atoms in total. The summed E-state index contributed by atoms with van der Waals surface area (Å²) < 4.78 is 15.1. The molecule has 4 rings (SSSR count). The van der Waals surface area contributed by atoms with Crippen molar-refractivity contribution in [2.75, 3.05) is 16.8 Å². The van der Waals surface area contributed by atoms with Crippen molar-refractivity contribution in [2.45, 2.75) is 6.42 Å². The quantitative estimate of drug-likeness (QED) is 0.686. The Bertz CT molecular complexity index is 1000. The zero-order chi connectivity index (χ0) is 18.3. The van der Waals surface area contributed by atoms with Crippen LogP contribution in [0.2, 0.25) is 0 Å². The number of aromatic nitrogens is 2. The van der Waals surface area contributed by atoms with Crippen LogP contribution < -0.4 is 10.2 Å². The molecule has 1 aliphatic heterocycles. The van der Waals surface area contributed by atoms with E-state index in [4.69, 9.17) is 0 Å². The normalized spacial score (nSPS) is 17.1. The number of rotatable bonds is 3. The first-order valence-electron chi connectivity index (χ1n) is 8.02. The predicted octanol–water partition coefficient (Wildman–Crippen LogP) is 3.46. The highest BCUT2D eigenvalue weighted by Gasteiger charge is 2.37. The van der Waals surface area contributed by atoms with Gasteiger partial charge in [-0.3, -0.25) is 19.6 Å². The first-order chi connectivity index (χ1) is 12.5. The summed E-state index contributed by atoms with van der Waals surface area (Å²) >= 11 is 3.34. The SMILES string of the molecule is O=C(Nc1ccc(Br)cc1)C1CC(=O)N(c2n[nH]c3cccc(F)c23)C1. The number of carbonyl (C=O) groups excluding carboxylic acids is 2. The highest BCUT2D eigenvalue weighted by Crippen LogP contribution is 2.31. The Morgan fingerprint density at radius 3 is 2.81 bits per heavy atom. The Morgan fingerprint density at radius 1 is 1.27 bits per heavy atom. The summed E-state index contributed by atoms with van der Waals surface area (Å²) in [5.74, 6) is -1.25. The van der Waals surface area contributed by atoms with E-state index in [0.29, 0.717) is 11.2 Å². The number of hydrogen-bond acceptors (Lipinski definition) is 3. The lowest BCUT2D eigenvalue weighted by Gasteiger charge is -2.14. The number of anilines is 2. The first-order valence-corrected chi connectivity index (χ1v) is 8.81. The molecule has 0 spiro atoms. The molecule has 1 aliphatic rings. The molecule has 8 heteroatoms. The second kappa shape index (κ2) is 6.53. The number of nitrogens with one attached hydrogen (secondary N) is 2. The fraction of sp³-hybridized carbons (Fsp3) is 0.167. The number of benzene rings is 2. The molecule has 0 bridgehead atoms. The molecule has 1 aromatic heterocycles. The number of nitrogens with zero attached hydrogens (tertiary/aromatic N) is 2. The van der Waals surface area contributed by atoms with Crippen LogP contribution in [0.5, 0.6) is 0 Å². The Kier molecular flexibility index (Phi) is 4.20. The maximum Gasteiger partial charge on any atom is 0.229 e. The van der Waals surface area contributed by atoms with E-state index in [0.717, 1.165) is 4.47 Å².